The largest absolute Gasteiger partial charge is 0.454 e. The predicted octanol–water partition coefficient (Wildman–Crippen LogP) is 1.98. The molecule has 0 fully saturated rings. The quantitative estimate of drug-likeness (QED) is 0.544. The number of nitrogens with zero attached hydrogens (tertiary/aromatic N) is 1. The Balaban J connectivity index is 1.33. The van der Waals surface area contributed by atoms with Gasteiger partial charge in [-0.25, -0.2) is 13.2 Å². The second-order valence-corrected chi connectivity index (χ2v) is 9.48. The van der Waals surface area contributed by atoms with Gasteiger partial charge in [-0.15, -0.1) is 11.3 Å². The molecule has 4 rings (SSSR count). The zero-order chi connectivity index (χ0) is 22.0. The minimum Gasteiger partial charge on any atom is -0.454 e. The van der Waals surface area contributed by atoms with Gasteiger partial charge < -0.3 is 10.1 Å². The van der Waals surface area contributed by atoms with Gasteiger partial charge in [0.05, 0.1) is 17.1 Å². The molecule has 0 bridgehead atoms. The monoisotopic (exact) mass is 459 g/mol. The fraction of sp³-hybridized carbons (Fsp3) is 0.150. The van der Waals surface area contributed by atoms with Crippen LogP contribution in [-0.2, 0) is 30.9 Å². The van der Waals surface area contributed by atoms with Crippen LogP contribution in [0.3, 0.4) is 0 Å². The van der Waals surface area contributed by atoms with Crippen LogP contribution < -0.4 is 14.9 Å². The molecule has 0 spiro atoms. The Labute approximate surface area is 181 Å². The van der Waals surface area contributed by atoms with Crippen LogP contribution in [0.2, 0.25) is 0 Å². The SMILES string of the molecule is O=C(COC(=O)CN1c2cccc3cccc(c23)S1(=O)=O)NC(=O)NCc1cccs1. The molecule has 2 aromatic carbocycles. The number of carbonyl (C=O) groups excluding carboxylic acids is 3. The van der Waals surface area contributed by atoms with E-state index in [4.69, 9.17) is 4.74 Å². The number of anilines is 1. The van der Waals surface area contributed by atoms with E-state index in [1.165, 1.54) is 17.4 Å². The Kier molecular flexibility index (Phi) is 5.61. The molecular formula is C20H17N3O6S2. The van der Waals surface area contributed by atoms with Gasteiger partial charge in [0, 0.05) is 10.3 Å². The Morgan fingerprint density at radius 1 is 1.03 bits per heavy atom. The van der Waals surface area contributed by atoms with Gasteiger partial charge in [0.25, 0.3) is 15.9 Å². The van der Waals surface area contributed by atoms with Crippen molar-refractivity contribution in [3.05, 3.63) is 58.8 Å². The van der Waals surface area contributed by atoms with E-state index in [1.807, 2.05) is 22.8 Å². The summed E-state index contributed by atoms with van der Waals surface area (Å²) in [5, 5.41) is 7.69. The van der Waals surface area contributed by atoms with E-state index >= 15 is 0 Å². The lowest BCUT2D eigenvalue weighted by atomic mass is 10.1. The highest BCUT2D eigenvalue weighted by molar-refractivity contribution is 7.93. The van der Waals surface area contributed by atoms with Crippen molar-refractivity contribution in [1.82, 2.24) is 10.6 Å². The molecule has 0 aliphatic carbocycles. The summed E-state index contributed by atoms with van der Waals surface area (Å²) in [5.41, 5.74) is 0.377. The molecule has 1 aliphatic heterocycles. The van der Waals surface area contributed by atoms with Crippen molar-refractivity contribution < 1.29 is 27.5 Å². The lowest BCUT2D eigenvalue weighted by Gasteiger charge is -2.17. The number of imide groups is 1. The average molecular weight is 460 g/mol. The number of nitrogens with one attached hydrogen (secondary N) is 2. The summed E-state index contributed by atoms with van der Waals surface area (Å²) in [7, 11) is -3.91. The molecule has 0 radical (unpaired) electrons. The Morgan fingerprint density at radius 3 is 2.55 bits per heavy atom. The van der Waals surface area contributed by atoms with Crippen molar-refractivity contribution in [1.29, 1.82) is 0 Å². The molecule has 1 aliphatic rings. The van der Waals surface area contributed by atoms with Crippen LogP contribution in [0.25, 0.3) is 10.8 Å². The summed E-state index contributed by atoms with van der Waals surface area (Å²) in [6.45, 7) is -1.04. The van der Waals surface area contributed by atoms with E-state index in [0.717, 1.165) is 14.6 Å². The Bertz CT molecular complexity index is 1270. The Morgan fingerprint density at radius 2 is 1.81 bits per heavy atom. The van der Waals surface area contributed by atoms with E-state index in [0.29, 0.717) is 11.1 Å². The zero-order valence-corrected chi connectivity index (χ0v) is 17.7. The van der Waals surface area contributed by atoms with Crippen molar-refractivity contribution in [2.24, 2.45) is 0 Å². The van der Waals surface area contributed by atoms with Gasteiger partial charge >= 0.3 is 12.0 Å². The molecule has 0 atom stereocenters. The first-order chi connectivity index (χ1) is 14.9. The molecule has 11 heteroatoms. The molecule has 9 nitrogen and oxygen atoms in total. The van der Waals surface area contributed by atoms with E-state index in [1.54, 1.807) is 30.3 Å². The molecule has 3 amide bonds. The normalized spacial score (nSPS) is 13.7. The van der Waals surface area contributed by atoms with E-state index < -0.39 is 41.1 Å². The third kappa shape index (κ3) is 4.23. The number of ether oxygens (including phenoxy) is 1. The molecule has 2 N–H and O–H groups in total. The van der Waals surface area contributed by atoms with Crippen LogP contribution in [0.4, 0.5) is 10.5 Å². The molecule has 0 unspecified atom stereocenters. The number of esters is 1. The highest BCUT2D eigenvalue weighted by Gasteiger charge is 2.37. The maximum absolute atomic E-state index is 12.8. The average Bonchev–Trinajstić information content (AvgIpc) is 3.34. The number of urea groups is 1. The fourth-order valence-electron chi connectivity index (χ4n) is 3.22. The first-order valence-electron chi connectivity index (χ1n) is 9.16. The van der Waals surface area contributed by atoms with Crippen LogP contribution in [0.5, 0.6) is 0 Å². The summed E-state index contributed by atoms with van der Waals surface area (Å²) < 4.78 is 31.5. The topological polar surface area (TPSA) is 122 Å². The van der Waals surface area contributed by atoms with Crippen LogP contribution in [0.15, 0.2) is 58.8 Å². The van der Waals surface area contributed by atoms with Gasteiger partial charge in [0.1, 0.15) is 6.54 Å². The highest BCUT2D eigenvalue weighted by atomic mass is 32.2. The molecule has 1 aromatic heterocycles. The van der Waals surface area contributed by atoms with Crippen LogP contribution in [-0.4, -0.2) is 39.5 Å². The van der Waals surface area contributed by atoms with E-state index in [2.05, 4.69) is 5.32 Å². The summed E-state index contributed by atoms with van der Waals surface area (Å²) >= 11 is 1.46. The molecule has 2 heterocycles. The van der Waals surface area contributed by atoms with Gasteiger partial charge in [-0.2, -0.15) is 0 Å². The number of hydrogen-bond acceptors (Lipinski definition) is 7. The molecule has 0 saturated heterocycles. The maximum Gasteiger partial charge on any atom is 0.327 e. The first kappa shape index (κ1) is 20.8. The number of sulfonamides is 1. The van der Waals surface area contributed by atoms with Gasteiger partial charge in [-0.1, -0.05) is 30.3 Å². The highest BCUT2D eigenvalue weighted by Crippen LogP contribution is 2.41. The van der Waals surface area contributed by atoms with E-state index in [9.17, 15) is 22.8 Å². The molecule has 31 heavy (non-hydrogen) atoms. The minimum atomic E-state index is -3.91. The number of rotatable bonds is 6. The van der Waals surface area contributed by atoms with Gasteiger partial charge in [0.2, 0.25) is 0 Å². The van der Waals surface area contributed by atoms with Gasteiger partial charge in [-0.3, -0.25) is 19.2 Å². The van der Waals surface area contributed by atoms with Crippen LogP contribution in [0, 0.1) is 0 Å². The van der Waals surface area contributed by atoms with E-state index in [-0.39, 0.29) is 11.4 Å². The number of hydrogen-bond donors (Lipinski definition) is 2. The fourth-order valence-corrected chi connectivity index (χ4v) is 5.52. The maximum atomic E-state index is 12.8. The Hall–Kier alpha value is -3.44. The van der Waals surface area contributed by atoms with Gasteiger partial charge in [0.15, 0.2) is 6.61 Å². The minimum absolute atomic E-state index is 0.119. The number of thiophene rings is 1. The summed E-state index contributed by atoms with van der Waals surface area (Å²) in [6.07, 6.45) is 0. The van der Waals surface area contributed by atoms with Gasteiger partial charge in [-0.05, 0) is 29.0 Å². The molecular weight excluding hydrogens is 442 g/mol. The zero-order valence-electron chi connectivity index (χ0n) is 16.0. The third-order valence-corrected chi connectivity index (χ3v) is 7.25. The summed E-state index contributed by atoms with van der Waals surface area (Å²) in [5.74, 6) is -1.74. The lowest BCUT2D eigenvalue weighted by Crippen LogP contribution is -2.41. The van der Waals surface area contributed by atoms with Crippen molar-refractivity contribution in [3.8, 4) is 0 Å². The number of benzene rings is 2. The first-order valence-corrected chi connectivity index (χ1v) is 11.5. The molecule has 3 aromatic rings. The number of carbonyl (C=O) groups is 3. The smallest absolute Gasteiger partial charge is 0.327 e. The lowest BCUT2D eigenvalue weighted by molar-refractivity contribution is -0.146. The van der Waals surface area contributed by atoms with Crippen molar-refractivity contribution in [3.63, 3.8) is 0 Å². The molecule has 0 saturated carbocycles. The van der Waals surface area contributed by atoms with Crippen molar-refractivity contribution in [2.75, 3.05) is 17.5 Å². The van der Waals surface area contributed by atoms with Crippen LogP contribution in [0.1, 0.15) is 4.88 Å². The second-order valence-electron chi connectivity index (χ2n) is 6.61. The molecule has 160 valence electrons. The summed E-state index contributed by atoms with van der Waals surface area (Å²) in [4.78, 5) is 36.8. The van der Waals surface area contributed by atoms with Crippen molar-refractivity contribution in [2.45, 2.75) is 11.4 Å². The third-order valence-electron chi connectivity index (χ3n) is 4.57. The summed E-state index contributed by atoms with van der Waals surface area (Å²) in [6, 6.07) is 12.9. The van der Waals surface area contributed by atoms with Crippen molar-refractivity contribution >= 4 is 55.7 Å². The van der Waals surface area contributed by atoms with Crippen LogP contribution >= 0.6 is 11.3 Å². The number of amides is 3. The standard InChI is InChI=1S/C20H17N3O6S2/c24-17(22-20(26)21-10-14-6-3-9-30-14)12-29-18(25)11-23-15-7-1-4-13-5-2-8-16(19(13)15)31(23,27)28/h1-9H,10-12H2,(H2,21,22,24,26). The predicted molar refractivity (Wildman–Crippen MR) is 114 cm³/mol. The second kappa shape index (κ2) is 8.36.